The molecule has 1 aromatic rings. The molecule has 0 saturated heterocycles. The van der Waals surface area contributed by atoms with Gasteiger partial charge in [0.1, 0.15) is 0 Å². The Balaban J connectivity index is 3.03. The minimum atomic E-state index is -0.400. The molecular weight excluding hydrogens is 141 g/mol. The smallest absolute Gasteiger partial charge is 0.326 e. The molecule has 0 unspecified atom stereocenters. The van der Waals surface area contributed by atoms with Gasteiger partial charge in [0, 0.05) is 5.69 Å². The standard InChI is InChI=1S/C7H8BNO2/c8-11-7(10)5-3-1-2-4-6(5)9/h1-4H,8-9H2. The third-order valence-corrected chi connectivity index (χ3v) is 1.37. The van der Waals surface area contributed by atoms with Gasteiger partial charge in [0.25, 0.3) is 0 Å². The number of benzene rings is 1. The molecule has 11 heavy (non-hydrogen) atoms. The van der Waals surface area contributed by atoms with E-state index in [0.29, 0.717) is 11.3 Å². The van der Waals surface area contributed by atoms with Crippen molar-refractivity contribution in [2.45, 2.75) is 0 Å². The van der Waals surface area contributed by atoms with Gasteiger partial charge in [-0.1, -0.05) is 12.1 Å². The van der Waals surface area contributed by atoms with Crippen molar-refractivity contribution >= 4 is 19.7 Å². The van der Waals surface area contributed by atoms with Crippen LogP contribution in [0.4, 0.5) is 5.69 Å². The minimum absolute atomic E-state index is 0.400. The number of nitrogens with two attached hydrogens (primary N) is 1. The van der Waals surface area contributed by atoms with Gasteiger partial charge in [-0.15, -0.1) is 0 Å². The summed E-state index contributed by atoms with van der Waals surface area (Å²) in [5.74, 6) is -0.400. The summed E-state index contributed by atoms with van der Waals surface area (Å²) in [6.45, 7) is 0. The molecule has 0 bridgehead atoms. The predicted molar refractivity (Wildman–Crippen MR) is 44.8 cm³/mol. The lowest BCUT2D eigenvalue weighted by atomic mass is 10.2. The Labute approximate surface area is 65.6 Å². The van der Waals surface area contributed by atoms with Gasteiger partial charge in [-0.3, -0.25) is 0 Å². The lowest BCUT2D eigenvalue weighted by Crippen LogP contribution is -2.05. The second-order valence-electron chi connectivity index (χ2n) is 2.08. The molecule has 0 aliphatic rings. The fourth-order valence-corrected chi connectivity index (χ4v) is 0.793. The van der Waals surface area contributed by atoms with E-state index < -0.39 is 5.97 Å². The number of carbonyl (C=O) groups excluding carboxylic acids is 1. The van der Waals surface area contributed by atoms with E-state index in [9.17, 15) is 4.79 Å². The van der Waals surface area contributed by atoms with Crippen molar-refractivity contribution in [1.82, 2.24) is 0 Å². The molecule has 0 atom stereocenters. The van der Waals surface area contributed by atoms with Gasteiger partial charge in [-0.05, 0) is 12.1 Å². The number of rotatable bonds is 1. The van der Waals surface area contributed by atoms with Crippen molar-refractivity contribution in [3.05, 3.63) is 29.8 Å². The normalized spacial score (nSPS) is 9.09. The molecule has 56 valence electrons. The van der Waals surface area contributed by atoms with Gasteiger partial charge >= 0.3 is 14.0 Å². The van der Waals surface area contributed by atoms with Crippen LogP contribution in [0.5, 0.6) is 0 Å². The van der Waals surface area contributed by atoms with Crippen LogP contribution in [-0.2, 0) is 4.65 Å². The Morgan fingerprint density at radius 3 is 2.64 bits per heavy atom. The van der Waals surface area contributed by atoms with Gasteiger partial charge in [0.15, 0.2) is 0 Å². The van der Waals surface area contributed by atoms with Crippen molar-refractivity contribution in [2.75, 3.05) is 5.73 Å². The summed E-state index contributed by atoms with van der Waals surface area (Å²) in [7, 11) is 1.33. The van der Waals surface area contributed by atoms with Crippen LogP contribution in [0.2, 0.25) is 0 Å². The summed E-state index contributed by atoms with van der Waals surface area (Å²) in [5.41, 5.74) is 6.35. The Hall–Kier alpha value is -1.45. The molecule has 1 aromatic carbocycles. The Bertz CT molecular complexity index is 275. The highest BCUT2D eigenvalue weighted by Crippen LogP contribution is 2.10. The van der Waals surface area contributed by atoms with Crippen molar-refractivity contribution in [2.24, 2.45) is 0 Å². The fraction of sp³-hybridized carbons (Fsp3) is 0. The van der Waals surface area contributed by atoms with E-state index in [-0.39, 0.29) is 0 Å². The molecule has 2 N–H and O–H groups in total. The molecule has 0 aromatic heterocycles. The second kappa shape index (κ2) is 3.10. The zero-order valence-electron chi connectivity index (χ0n) is 6.20. The topological polar surface area (TPSA) is 52.3 Å². The van der Waals surface area contributed by atoms with E-state index in [4.69, 9.17) is 5.73 Å². The molecule has 1 rings (SSSR count). The van der Waals surface area contributed by atoms with E-state index in [1.807, 2.05) is 0 Å². The first-order chi connectivity index (χ1) is 5.25. The van der Waals surface area contributed by atoms with Crippen molar-refractivity contribution in [3.8, 4) is 0 Å². The number of carbonyl (C=O) groups is 1. The molecule has 3 nitrogen and oxygen atoms in total. The molecular formula is C7H8BNO2. The van der Waals surface area contributed by atoms with E-state index in [1.165, 1.54) is 8.05 Å². The highest BCUT2D eigenvalue weighted by molar-refractivity contribution is 6.10. The summed E-state index contributed by atoms with van der Waals surface area (Å²) in [6, 6.07) is 6.79. The first-order valence-corrected chi connectivity index (χ1v) is 3.18. The van der Waals surface area contributed by atoms with Crippen LogP contribution in [0.1, 0.15) is 10.4 Å². The van der Waals surface area contributed by atoms with Crippen LogP contribution in [0, 0.1) is 0 Å². The maximum Gasteiger partial charge on any atom is 0.326 e. The van der Waals surface area contributed by atoms with Crippen molar-refractivity contribution < 1.29 is 9.45 Å². The first kappa shape index (κ1) is 7.66. The monoisotopic (exact) mass is 149 g/mol. The third-order valence-electron chi connectivity index (χ3n) is 1.37. The van der Waals surface area contributed by atoms with E-state index in [0.717, 1.165) is 0 Å². The third kappa shape index (κ3) is 1.52. The SMILES string of the molecule is BOC(=O)c1ccccc1N. The molecule has 0 spiro atoms. The summed E-state index contributed by atoms with van der Waals surface area (Å²) >= 11 is 0. The molecule has 0 fully saturated rings. The van der Waals surface area contributed by atoms with E-state index in [1.54, 1.807) is 24.3 Å². The average molecular weight is 149 g/mol. The lowest BCUT2D eigenvalue weighted by Gasteiger charge is -2.01. The Morgan fingerprint density at radius 1 is 1.45 bits per heavy atom. The Morgan fingerprint density at radius 2 is 2.09 bits per heavy atom. The van der Waals surface area contributed by atoms with Gasteiger partial charge < -0.3 is 10.4 Å². The largest absolute Gasteiger partial charge is 0.540 e. The summed E-state index contributed by atoms with van der Waals surface area (Å²) in [5, 5.41) is 0. The number of hydrogen-bond acceptors (Lipinski definition) is 3. The highest BCUT2D eigenvalue weighted by atomic mass is 16.5. The number of hydrogen-bond donors (Lipinski definition) is 1. The molecule has 0 aliphatic heterocycles. The summed E-state index contributed by atoms with van der Waals surface area (Å²) in [6.07, 6.45) is 0. The highest BCUT2D eigenvalue weighted by Gasteiger charge is 2.06. The van der Waals surface area contributed by atoms with Crippen LogP contribution in [0.25, 0.3) is 0 Å². The van der Waals surface area contributed by atoms with Crippen LogP contribution in [-0.4, -0.2) is 14.0 Å². The molecule has 0 radical (unpaired) electrons. The molecule has 0 amide bonds. The average Bonchev–Trinajstić information content (AvgIpc) is 2.04. The van der Waals surface area contributed by atoms with Gasteiger partial charge in [-0.25, -0.2) is 4.79 Å². The van der Waals surface area contributed by atoms with Crippen LogP contribution in [0.3, 0.4) is 0 Å². The summed E-state index contributed by atoms with van der Waals surface area (Å²) in [4.78, 5) is 10.9. The first-order valence-electron chi connectivity index (χ1n) is 3.18. The van der Waals surface area contributed by atoms with Crippen LogP contribution < -0.4 is 5.73 Å². The molecule has 0 aliphatic carbocycles. The quantitative estimate of drug-likeness (QED) is 0.450. The number of anilines is 1. The zero-order valence-corrected chi connectivity index (χ0v) is 6.20. The Kier molecular flexibility index (Phi) is 2.16. The molecule has 4 heteroatoms. The van der Waals surface area contributed by atoms with Gasteiger partial charge in [0.2, 0.25) is 0 Å². The lowest BCUT2D eigenvalue weighted by molar-refractivity contribution is 0.0751. The van der Waals surface area contributed by atoms with Crippen LogP contribution >= 0.6 is 0 Å². The fourth-order valence-electron chi connectivity index (χ4n) is 0.793. The van der Waals surface area contributed by atoms with E-state index in [2.05, 4.69) is 4.65 Å². The van der Waals surface area contributed by atoms with Crippen molar-refractivity contribution in [1.29, 1.82) is 0 Å². The maximum atomic E-state index is 10.9. The number of nitrogen functional groups attached to an aromatic ring is 1. The van der Waals surface area contributed by atoms with E-state index >= 15 is 0 Å². The maximum absolute atomic E-state index is 10.9. The molecule has 0 heterocycles. The molecule has 0 saturated carbocycles. The second-order valence-corrected chi connectivity index (χ2v) is 2.08. The van der Waals surface area contributed by atoms with Gasteiger partial charge in [0.05, 0.1) is 5.56 Å². The predicted octanol–water partition coefficient (Wildman–Crippen LogP) is -0.0263. The van der Waals surface area contributed by atoms with Crippen molar-refractivity contribution in [3.63, 3.8) is 0 Å². The van der Waals surface area contributed by atoms with Gasteiger partial charge in [-0.2, -0.15) is 0 Å². The zero-order chi connectivity index (χ0) is 8.27. The minimum Gasteiger partial charge on any atom is -0.540 e. The summed E-state index contributed by atoms with van der Waals surface area (Å²) < 4.78 is 4.50. The number of para-hydroxylation sites is 1. The van der Waals surface area contributed by atoms with Crippen LogP contribution in [0.15, 0.2) is 24.3 Å².